The second-order valence-electron chi connectivity index (χ2n) is 5.60. The second-order valence-corrected chi connectivity index (χ2v) is 8.97. The van der Waals surface area contributed by atoms with Crippen molar-refractivity contribution in [1.29, 1.82) is 0 Å². The SMILES string of the molecule is CSc1cc(Oc2ccnc3c2OCC(=O)N3)ccc1NC(=O)OCC(Cl)(Cl)Cl. The molecule has 2 heterocycles. The fourth-order valence-corrected chi connectivity index (χ4v) is 3.04. The lowest BCUT2D eigenvalue weighted by Gasteiger charge is -2.19. The number of hydrogen-bond acceptors (Lipinski definition) is 7. The molecule has 0 saturated carbocycles. The number of nitrogens with one attached hydrogen (secondary N) is 2. The third kappa shape index (κ3) is 5.96. The first kappa shape index (κ1) is 21.6. The van der Waals surface area contributed by atoms with E-state index in [0.717, 1.165) is 0 Å². The van der Waals surface area contributed by atoms with Crippen molar-refractivity contribution in [1.82, 2.24) is 4.98 Å². The summed E-state index contributed by atoms with van der Waals surface area (Å²) in [6.07, 6.45) is 2.58. The van der Waals surface area contributed by atoms with Crippen LogP contribution in [-0.2, 0) is 9.53 Å². The van der Waals surface area contributed by atoms with Crippen molar-refractivity contribution in [3.63, 3.8) is 0 Å². The minimum atomic E-state index is -1.69. The van der Waals surface area contributed by atoms with E-state index in [0.29, 0.717) is 33.6 Å². The minimum Gasteiger partial charge on any atom is -0.476 e. The molecule has 0 radical (unpaired) electrons. The Morgan fingerprint density at radius 2 is 2.17 bits per heavy atom. The molecule has 1 aromatic carbocycles. The maximum atomic E-state index is 11.9. The molecule has 154 valence electrons. The number of carbonyl (C=O) groups is 2. The molecule has 8 nitrogen and oxygen atoms in total. The van der Waals surface area contributed by atoms with E-state index in [1.165, 1.54) is 18.0 Å². The van der Waals surface area contributed by atoms with Crippen LogP contribution in [0.1, 0.15) is 0 Å². The number of pyridine rings is 1. The predicted octanol–water partition coefficient (Wildman–Crippen LogP) is 4.85. The van der Waals surface area contributed by atoms with Crippen molar-refractivity contribution in [2.45, 2.75) is 8.69 Å². The van der Waals surface area contributed by atoms with E-state index >= 15 is 0 Å². The smallest absolute Gasteiger partial charge is 0.411 e. The van der Waals surface area contributed by atoms with E-state index in [2.05, 4.69) is 15.6 Å². The van der Waals surface area contributed by atoms with Crippen LogP contribution in [0.25, 0.3) is 0 Å². The van der Waals surface area contributed by atoms with Gasteiger partial charge in [0.1, 0.15) is 12.4 Å². The Kier molecular flexibility index (Phi) is 6.84. The number of ether oxygens (including phenoxy) is 3. The van der Waals surface area contributed by atoms with Crippen LogP contribution in [-0.4, -0.2) is 40.2 Å². The molecule has 0 fully saturated rings. The zero-order valence-corrected chi connectivity index (χ0v) is 17.9. The average Bonchev–Trinajstić information content (AvgIpc) is 2.67. The number of nitrogens with zero attached hydrogens (tertiary/aromatic N) is 1. The summed E-state index contributed by atoms with van der Waals surface area (Å²) in [6.45, 7) is -0.507. The van der Waals surface area contributed by atoms with Gasteiger partial charge in [0.05, 0.1) is 5.69 Å². The largest absolute Gasteiger partial charge is 0.476 e. The number of anilines is 2. The lowest BCUT2D eigenvalue weighted by molar-refractivity contribution is -0.118. The van der Waals surface area contributed by atoms with Gasteiger partial charge in [-0.05, 0) is 24.5 Å². The zero-order chi connectivity index (χ0) is 21.0. The van der Waals surface area contributed by atoms with Gasteiger partial charge in [0.2, 0.25) is 9.54 Å². The van der Waals surface area contributed by atoms with Gasteiger partial charge in [0, 0.05) is 17.2 Å². The van der Waals surface area contributed by atoms with Crippen LogP contribution in [0.2, 0.25) is 0 Å². The van der Waals surface area contributed by atoms with Gasteiger partial charge in [-0.25, -0.2) is 9.78 Å². The average molecular weight is 479 g/mol. The Morgan fingerprint density at radius 3 is 2.90 bits per heavy atom. The molecular weight excluding hydrogens is 465 g/mol. The van der Waals surface area contributed by atoms with E-state index in [-0.39, 0.29) is 19.1 Å². The number of aromatic nitrogens is 1. The number of amides is 2. The molecule has 29 heavy (non-hydrogen) atoms. The van der Waals surface area contributed by atoms with Gasteiger partial charge in [-0.1, -0.05) is 34.8 Å². The Morgan fingerprint density at radius 1 is 1.38 bits per heavy atom. The van der Waals surface area contributed by atoms with Crippen LogP contribution in [0.4, 0.5) is 16.3 Å². The number of rotatable bonds is 5. The van der Waals surface area contributed by atoms with E-state index in [1.807, 2.05) is 6.26 Å². The minimum absolute atomic E-state index is 0.121. The fraction of sp³-hybridized carbons (Fsp3) is 0.235. The van der Waals surface area contributed by atoms with Crippen LogP contribution >= 0.6 is 46.6 Å². The highest BCUT2D eigenvalue weighted by molar-refractivity contribution is 7.98. The highest BCUT2D eigenvalue weighted by atomic mass is 35.6. The van der Waals surface area contributed by atoms with E-state index in [1.54, 1.807) is 24.3 Å². The van der Waals surface area contributed by atoms with Gasteiger partial charge in [-0.2, -0.15) is 0 Å². The summed E-state index contributed by atoms with van der Waals surface area (Å²) in [7, 11) is 0. The van der Waals surface area contributed by atoms with Crippen molar-refractivity contribution in [2.75, 3.05) is 30.1 Å². The van der Waals surface area contributed by atoms with Crippen LogP contribution in [0.3, 0.4) is 0 Å². The second kappa shape index (κ2) is 9.17. The third-order valence-electron chi connectivity index (χ3n) is 3.48. The monoisotopic (exact) mass is 477 g/mol. The van der Waals surface area contributed by atoms with Crippen molar-refractivity contribution < 1.29 is 23.8 Å². The number of carbonyl (C=O) groups excluding carboxylic acids is 2. The molecule has 0 saturated heterocycles. The van der Waals surface area contributed by atoms with Crippen LogP contribution < -0.4 is 20.1 Å². The lowest BCUT2D eigenvalue weighted by atomic mass is 10.3. The summed E-state index contributed by atoms with van der Waals surface area (Å²) < 4.78 is 14.5. The molecule has 2 N–H and O–H groups in total. The molecule has 1 aliphatic heterocycles. The van der Waals surface area contributed by atoms with Crippen molar-refractivity contribution in [3.8, 4) is 17.2 Å². The maximum Gasteiger partial charge on any atom is 0.411 e. The third-order valence-corrected chi connectivity index (χ3v) is 4.58. The molecule has 2 amide bonds. The summed E-state index contributed by atoms with van der Waals surface area (Å²) in [5, 5.41) is 5.20. The van der Waals surface area contributed by atoms with Crippen LogP contribution in [0, 0.1) is 0 Å². The number of fused-ring (bicyclic) bond motifs is 1. The number of benzene rings is 1. The number of hydrogen-bond donors (Lipinski definition) is 2. The van der Waals surface area contributed by atoms with Gasteiger partial charge in [-0.15, -0.1) is 11.8 Å². The Balaban J connectivity index is 1.74. The van der Waals surface area contributed by atoms with Gasteiger partial charge in [0.15, 0.2) is 18.2 Å². The maximum absolute atomic E-state index is 11.9. The molecular formula is C17H14Cl3N3O5S. The summed E-state index contributed by atoms with van der Waals surface area (Å²) in [4.78, 5) is 28.1. The Labute approximate surface area is 185 Å². The molecule has 0 aliphatic carbocycles. The molecule has 12 heteroatoms. The summed E-state index contributed by atoms with van der Waals surface area (Å²) in [5.74, 6) is 1.23. The van der Waals surface area contributed by atoms with E-state index in [4.69, 9.17) is 49.0 Å². The fourth-order valence-electron chi connectivity index (χ4n) is 2.30. The van der Waals surface area contributed by atoms with Crippen molar-refractivity contribution >= 4 is 70.1 Å². The highest BCUT2D eigenvalue weighted by Crippen LogP contribution is 2.39. The van der Waals surface area contributed by atoms with E-state index < -0.39 is 9.89 Å². The van der Waals surface area contributed by atoms with Gasteiger partial charge >= 0.3 is 6.09 Å². The van der Waals surface area contributed by atoms with Crippen molar-refractivity contribution in [2.24, 2.45) is 0 Å². The highest BCUT2D eigenvalue weighted by Gasteiger charge is 2.23. The first-order valence-corrected chi connectivity index (χ1v) is 10.4. The van der Waals surface area contributed by atoms with Gasteiger partial charge < -0.3 is 19.5 Å². The zero-order valence-electron chi connectivity index (χ0n) is 14.8. The molecule has 0 unspecified atom stereocenters. The Bertz CT molecular complexity index is 939. The Hall–Kier alpha value is -2.07. The first-order valence-electron chi connectivity index (χ1n) is 8.03. The number of halogens is 3. The molecule has 1 aliphatic rings. The topological polar surface area (TPSA) is 98.8 Å². The molecule has 0 spiro atoms. The summed E-state index contributed by atoms with van der Waals surface area (Å²) >= 11 is 18.1. The predicted molar refractivity (Wildman–Crippen MR) is 112 cm³/mol. The first-order chi connectivity index (χ1) is 13.7. The summed E-state index contributed by atoms with van der Waals surface area (Å²) in [5.41, 5.74) is 0.499. The molecule has 0 atom stereocenters. The summed E-state index contributed by atoms with van der Waals surface area (Å²) in [6, 6.07) is 6.64. The van der Waals surface area contributed by atoms with Crippen LogP contribution in [0.5, 0.6) is 17.2 Å². The standard InChI is InChI=1S/C17H14Cl3N3O5S/c1-29-12-6-9(2-3-10(12)22-16(25)27-8-17(18,19)20)28-11-4-5-21-15-14(11)26-7-13(24)23-15/h2-6H,7-8H2,1H3,(H,22,25)(H,21,23,24). The lowest BCUT2D eigenvalue weighted by Crippen LogP contribution is -2.26. The quantitative estimate of drug-likeness (QED) is 0.468. The van der Waals surface area contributed by atoms with Gasteiger partial charge in [0.25, 0.3) is 5.91 Å². The van der Waals surface area contributed by atoms with Crippen LogP contribution in [0.15, 0.2) is 35.4 Å². The number of thioether (sulfide) groups is 1. The van der Waals surface area contributed by atoms with E-state index in [9.17, 15) is 9.59 Å². The molecule has 3 rings (SSSR count). The molecule has 2 aromatic rings. The van der Waals surface area contributed by atoms with Gasteiger partial charge in [-0.3, -0.25) is 10.1 Å². The number of alkyl halides is 3. The molecule has 1 aromatic heterocycles. The van der Waals surface area contributed by atoms with Crippen molar-refractivity contribution in [3.05, 3.63) is 30.5 Å². The molecule has 0 bridgehead atoms. The normalized spacial score (nSPS) is 13.0.